The van der Waals surface area contributed by atoms with Crippen LogP contribution in [0.1, 0.15) is 23.1 Å². The number of rotatable bonds is 4. The number of hydrogen-bond acceptors (Lipinski definition) is 3. The van der Waals surface area contributed by atoms with E-state index in [2.05, 4.69) is 6.07 Å². The Morgan fingerprint density at radius 1 is 1.00 bits per heavy atom. The summed E-state index contributed by atoms with van der Waals surface area (Å²) in [5, 5.41) is 23.3. The van der Waals surface area contributed by atoms with Crippen LogP contribution in [0, 0.1) is 11.3 Å². The molecule has 120 valence electrons. The number of nitrogens with zero attached hydrogens (tertiary/aromatic N) is 1. The lowest BCUT2D eigenvalue weighted by molar-refractivity contribution is 0.165. The standard InChI is InChI=1S/C19H13Cl2NOS/c20-16-8-7-12(10-17(16)21)15(11-22)19(23)14-5-2-1-4-13(14)18-6-3-9-24-18/h1-10,15,19,23H. The second-order valence-corrected chi connectivity index (χ2v) is 7.05. The van der Waals surface area contributed by atoms with Crippen LogP contribution in [0.3, 0.4) is 0 Å². The molecule has 0 amide bonds. The van der Waals surface area contributed by atoms with E-state index < -0.39 is 12.0 Å². The number of benzene rings is 2. The van der Waals surface area contributed by atoms with Crippen molar-refractivity contribution in [3.05, 3.63) is 81.1 Å². The first-order valence-electron chi connectivity index (χ1n) is 7.27. The van der Waals surface area contributed by atoms with E-state index in [-0.39, 0.29) is 0 Å². The Kier molecular flexibility index (Phi) is 5.23. The highest BCUT2D eigenvalue weighted by Gasteiger charge is 2.25. The van der Waals surface area contributed by atoms with Gasteiger partial charge < -0.3 is 5.11 Å². The summed E-state index contributed by atoms with van der Waals surface area (Å²) in [5.41, 5.74) is 2.29. The van der Waals surface area contributed by atoms with Crippen molar-refractivity contribution < 1.29 is 5.11 Å². The lowest BCUT2D eigenvalue weighted by Gasteiger charge is -2.20. The first kappa shape index (κ1) is 17.0. The molecule has 2 nitrogen and oxygen atoms in total. The van der Waals surface area contributed by atoms with Crippen LogP contribution in [0.15, 0.2) is 60.0 Å². The molecule has 2 atom stereocenters. The quantitative estimate of drug-likeness (QED) is 0.603. The minimum absolute atomic E-state index is 0.369. The van der Waals surface area contributed by atoms with Crippen molar-refractivity contribution in [1.29, 1.82) is 5.26 Å². The number of nitriles is 1. The molecular weight excluding hydrogens is 361 g/mol. The van der Waals surface area contributed by atoms with E-state index >= 15 is 0 Å². The largest absolute Gasteiger partial charge is 0.387 e. The van der Waals surface area contributed by atoms with Gasteiger partial charge in [0.05, 0.1) is 22.2 Å². The molecule has 0 fully saturated rings. The summed E-state index contributed by atoms with van der Waals surface area (Å²) in [5.74, 6) is -0.735. The maximum Gasteiger partial charge on any atom is 0.101 e. The molecule has 2 aromatic carbocycles. The SMILES string of the molecule is N#CC(c1ccc(Cl)c(Cl)c1)C(O)c1ccccc1-c1cccs1. The van der Waals surface area contributed by atoms with Gasteiger partial charge in [-0.15, -0.1) is 11.3 Å². The monoisotopic (exact) mass is 373 g/mol. The maximum atomic E-state index is 10.9. The summed E-state index contributed by atoms with van der Waals surface area (Å²) in [7, 11) is 0. The third kappa shape index (κ3) is 3.33. The zero-order chi connectivity index (χ0) is 17.1. The fourth-order valence-corrected chi connectivity index (χ4v) is 3.70. The molecule has 0 aliphatic rings. The molecule has 0 bridgehead atoms. The Morgan fingerprint density at radius 3 is 2.46 bits per heavy atom. The second-order valence-electron chi connectivity index (χ2n) is 5.29. The summed E-state index contributed by atoms with van der Waals surface area (Å²) in [6, 6.07) is 18.7. The second kappa shape index (κ2) is 7.38. The maximum absolute atomic E-state index is 10.9. The Hall–Kier alpha value is -1.83. The number of aliphatic hydroxyl groups excluding tert-OH is 1. The van der Waals surface area contributed by atoms with E-state index in [9.17, 15) is 10.4 Å². The van der Waals surface area contributed by atoms with E-state index in [4.69, 9.17) is 23.2 Å². The van der Waals surface area contributed by atoms with Crippen LogP contribution in [0.4, 0.5) is 0 Å². The van der Waals surface area contributed by atoms with Gasteiger partial charge in [-0.1, -0.05) is 59.6 Å². The molecule has 5 heteroatoms. The van der Waals surface area contributed by atoms with Gasteiger partial charge in [0, 0.05) is 4.88 Å². The molecule has 1 aromatic heterocycles. The highest BCUT2D eigenvalue weighted by molar-refractivity contribution is 7.13. The molecule has 2 unspecified atom stereocenters. The molecule has 3 aromatic rings. The molecule has 24 heavy (non-hydrogen) atoms. The summed E-state index contributed by atoms with van der Waals surface area (Å²) < 4.78 is 0. The summed E-state index contributed by atoms with van der Waals surface area (Å²) >= 11 is 13.6. The minimum atomic E-state index is -0.967. The van der Waals surface area contributed by atoms with Crippen molar-refractivity contribution in [1.82, 2.24) is 0 Å². The van der Waals surface area contributed by atoms with Crippen molar-refractivity contribution >= 4 is 34.5 Å². The Labute approximate surface area is 154 Å². The molecule has 0 radical (unpaired) electrons. The molecule has 0 spiro atoms. The number of halogens is 2. The van der Waals surface area contributed by atoms with Gasteiger partial charge in [-0.25, -0.2) is 0 Å². The van der Waals surface area contributed by atoms with E-state index in [0.717, 1.165) is 16.0 Å². The predicted octanol–water partition coefficient (Wildman–Crippen LogP) is 6.06. The zero-order valence-corrected chi connectivity index (χ0v) is 14.8. The number of aliphatic hydroxyl groups is 1. The molecular formula is C19H13Cl2NOS. The highest BCUT2D eigenvalue weighted by Crippen LogP contribution is 2.38. The van der Waals surface area contributed by atoms with Gasteiger partial charge in [-0.05, 0) is 40.3 Å². The van der Waals surface area contributed by atoms with Crippen LogP contribution in [-0.2, 0) is 0 Å². The topological polar surface area (TPSA) is 44.0 Å². The molecule has 0 aliphatic heterocycles. The van der Waals surface area contributed by atoms with E-state index in [1.807, 2.05) is 41.8 Å². The first-order valence-corrected chi connectivity index (χ1v) is 8.91. The summed E-state index contributed by atoms with van der Waals surface area (Å²) in [6.07, 6.45) is -0.967. The van der Waals surface area contributed by atoms with Crippen molar-refractivity contribution in [3.8, 4) is 16.5 Å². The average molecular weight is 374 g/mol. The minimum Gasteiger partial charge on any atom is -0.387 e. The first-order chi connectivity index (χ1) is 11.6. The van der Waals surface area contributed by atoms with Gasteiger partial charge in [0.2, 0.25) is 0 Å². The normalized spacial score (nSPS) is 13.2. The Morgan fingerprint density at radius 2 is 1.79 bits per heavy atom. The number of hydrogen-bond donors (Lipinski definition) is 1. The fraction of sp³-hybridized carbons (Fsp3) is 0.105. The molecule has 1 N–H and O–H groups in total. The van der Waals surface area contributed by atoms with Crippen LogP contribution in [0.2, 0.25) is 10.0 Å². The third-order valence-corrected chi connectivity index (χ3v) is 5.47. The highest BCUT2D eigenvalue weighted by atomic mass is 35.5. The Balaban J connectivity index is 2.03. The third-order valence-electron chi connectivity index (χ3n) is 3.82. The zero-order valence-electron chi connectivity index (χ0n) is 12.5. The van der Waals surface area contributed by atoms with Crippen LogP contribution < -0.4 is 0 Å². The number of thiophene rings is 1. The fourth-order valence-electron chi connectivity index (χ4n) is 2.62. The van der Waals surface area contributed by atoms with Crippen molar-refractivity contribution in [2.45, 2.75) is 12.0 Å². The van der Waals surface area contributed by atoms with Gasteiger partial charge in [-0.2, -0.15) is 5.26 Å². The molecule has 3 rings (SSSR count). The Bertz CT molecular complexity index is 887. The summed E-state index contributed by atoms with van der Waals surface area (Å²) in [6.45, 7) is 0. The van der Waals surface area contributed by atoms with E-state index in [0.29, 0.717) is 15.6 Å². The van der Waals surface area contributed by atoms with Crippen molar-refractivity contribution in [3.63, 3.8) is 0 Å². The van der Waals surface area contributed by atoms with E-state index in [1.54, 1.807) is 29.5 Å². The molecule has 1 heterocycles. The van der Waals surface area contributed by atoms with Crippen molar-refractivity contribution in [2.75, 3.05) is 0 Å². The van der Waals surface area contributed by atoms with Gasteiger partial charge in [0.25, 0.3) is 0 Å². The van der Waals surface area contributed by atoms with Gasteiger partial charge >= 0.3 is 0 Å². The van der Waals surface area contributed by atoms with Crippen LogP contribution in [-0.4, -0.2) is 5.11 Å². The molecule has 0 saturated heterocycles. The van der Waals surface area contributed by atoms with Gasteiger partial charge in [0.15, 0.2) is 0 Å². The molecule has 0 aliphatic carbocycles. The van der Waals surface area contributed by atoms with Gasteiger partial charge in [0.1, 0.15) is 5.92 Å². The smallest absolute Gasteiger partial charge is 0.101 e. The van der Waals surface area contributed by atoms with E-state index in [1.165, 1.54) is 0 Å². The van der Waals surface area contributed by atoms with Crippen LogP contribution >= 0.6 is 34.5 Å². The van der Waals surface area contributed by atoms with Crippen LogP contribution in [0.25, 0.3) is 10.4 Å². The lowest BCUT2D eigenvalue weighted by Crippen LogP contribution is -2.10. The van der Waals surface area contributed by atoms with Gasteiger partial charge in [-0.3, -0.25) is 0 Å². The lowest BCUT2D eigenvalue weighted by atomic mass is 9.88. The van der Waals surface area contributed by atoms with Crippen molar-refractivity contribution in [2.24, 2.45) is 0 Å². The van der Waals surface area contributed by atoms with Crippen LogP contribution in [0.5, 0.6) is 0 Å². The summed E-state index contributed by atoms with van der Waals surface area (Å²) in [4.78, 5) is 1.05. The molecule has 0 saturated carbocycles. The average Bonchev–Trinajstić information content (AvgIpc) is 3.13. The predicted molar refractivity (Wildman–Crippen MR) is 99.5 cm³/mol.